The number of aromatic nitrogens is 3. The van der Waals surface area contributed by atoms with Crippen LogP contribution in [-0.4, -0.2) is 26.0 Å². The fourth-order valence-corrected chi connectivity index (χ4v) is 2.68. The molecule has 0 aliphatic rings. The summed E-state index contributed by atoms with van der Waals surface area (Å²) in [7, 11) is 0. The van der Waals surface area contributed by atoms with Crippen LogP contribution in [0.1, 0.15) is 0 Å². The van der Waals surface area contributed by atoms with E-state index in [9.17, 15) is 9.90 Å². The van der Waals surface area contributed by atoms with Gasteiger partial charge in [0.1, 0.15) is 0 Å². The first-order valence-corrected chi connectivity index (χ1v) is 6.78. The van der Waals surface area contributed by atoms with E-state index in [0.29, 0.717) is 5.52 Å². The number of benzene rings is 2. The van der Waals surface area contributed by atoms with Gasteiger partial charge in [-0.3, -0.25) is 4.98 Å². The molecule has 0 radical (unpaired) electrons. The lowest BCUT2D eigenvalue weighted by atomic mass is 10.0. The van der Waals surface area contributed by atoms with Gasteiger partial charge in [-0.25, -0.2) is 4.79 Å². The van der Waals surface area contributed by atoms with Crippen molar-refractivity contribution in [2.75, 3.05) is 0 Å². The molecule has 0 spiro atoms. The number of nitrogens with zero attached hydrogens (tertiary/aromatic N) is 3. The van der Waals surface area contributed by atoms with Crippen molar-refractivity contribution in [2.45, 2.75) is 0 Å². The Morgan fingerprint density at radius 3 is 2.73 bits per heavy atom. The molecule has 22 heavy (non-hydrogen) atoms. The predicted octanol–water partition coefficient (Wildman–Crippen LogP) is 3.78. The standard InChI is InChI=1S/C17H11N3O2/c21-17(22)20-16-7-11(5-6-13(16)9-19-20)15-10-18-8-12-3-1-2-4-14(12)15/h1-10H,(H,21,22). The lowest BCUT2D eigenvalue weighted by molar-refractivity contribution is 0.194. The summed E-state index contributed by atoms with van der Waals surface area (Å²) in [6.45, 7) is 0. The molecule has 0 aliphatic heterocycles. The number of fused-ring (bicyclic) bond motifs is 2. The Hall–Kier alpha value is -3.21. The van der Waals surface area contributed by atoms with Gasteiger partial charge in [0.2, 0.25) is 0 Å². The van der Waals surface area contributed by atoms with Gasteiger partial charge >= 0.3 is 6.09 Å². The molecule has 4 rings (SSSR count). The van der Waals surface area contributed by atoms with Crippen molar-refractivity contribution in [2.24, 2.45) is 0 Å². The van der Waals surface area contributed by atoms with Crippen molar-refractivity contribution >= 4 is 27.8 Å². The second-order valence-corrected chi connectivity index (χ2v) is 5.02. The van der Waals surface area contributed by atoms with E-state index < -0.39 is 6.09 Å². The summed E-state index contributed by atoms with van der Waals surface area (Å²) in [5, 5.41) is 16.0. The highest BCUT2D eigenvalue weighted by molar-refractivity contribution is 5.98. The predicted molar refractivity (Wildman–Crippen MR) is 83.9 cm³/mol. The molecule has 0 aliphatic carbocycles. The van der Waals surface area contributed by atoms with E-state index in [4.69, 9.17) is 0 Å². The second kappa shape index (κ2) is 4.66. The average molecular weight is 289 g/mol. The maximum Gasteiger partial charge on any atom is 0.432 e. The Balaban J connectivity index is 2.00. The average Bonchev–Trinajstić information content (AvgIpc) is 2.97. The van der Waals surface area contributed by atoms with E-state index >= 15 is 0 Å². The first kappa shape index (κ1) is 12.5. The summed E-state index contributed by atoms with van der Waals surface area (Å²) in [5.41, 5.74) is 2.45. The molecule has 0 atom stereocenters. The van der Waals surface area contributed by atoms with Gasteiger partial charge in [0.05, 0.1) is 11.7 Å². The van der Waals surface area contributed by atoms with Crippen LogP contribution in [0.3, 0.4) is 0 Å². The molecular weight excluding hydrogens is 278 g/mol. The van der Waals surface area contributed by atoms with Gasteiger partial charge < -0.3 is 5.11 Å². The summed E-state index contributed by atoms with van der Waals surface area (Å²) in [6, 6.07) is 13.7. The number of hydrogen-bond acceptors (Lipinski definition) is 3. The molecule has 2 aromatic heterocycles. The van der Waals surface area contributed by atoms with Crippen LogP contribution in [0.5, 0.6) is 0 Å². The Morgan fingerprint density at radius 2 is 1.86 bits per heavy atom. The molecule has 0 bridgehead atoms. The Labute approximate surface area is 125 Å². The smallest absolute Gasteiger partial charge is 0.432 e. The molecular formula is C17H11N3O2. The molecule has 106 valence electrons. The number of carboxylic acid groups (broad SMARTS) is 1. The van der Waals surface area contributed by atoms with Crippen molar-refractivity contribution in [3.8, 4) is 11.1 Å². The van der Waals surface area contributed by atoms with Crippen LogP contribution in [-0.2, 0) is 0 Å². The number of hydrogen-bond donors (Lipinski definition) is 1. The molecule has 2 heterocycles. The summed E-state index contributed by atoms with van der Waals surface area (Å²) in [6.07, 6.45) is 4.07. The van der Waals surface area contributed by atoms with Gasteiger partial charge in [-0.1, -0.05) is 36.4 Å². The van der Waals surface area contributed by atoms with Crippen molar-refractivity contribution in [1.29, 1.82) is 0 Å². The van der Waals surface area contributed by atoms with Gasteiger partial charge in [-0.2, -0.15) is 9.78 Å². The van der Waals surface area contributed by atoms with E-state index in [1.54, 1.807) is 12.4 Å². The SMILES string of the molecule is O=C(O)n1ncc2ccc(-c3cncc4ccccc34)cc21. The van der Waals surface area contributed by atoms with Crippen molar-refractivity contribution in [3.63, 3.8) is 0 Å². The van der Waals surface area contributed by atoms with E-state index in [2.05, 4.69) is 10.1 Å². The zero-order valence-corrected chi connectivity index (χ0v) is 11.5. The molecule has 2 aromatic carbocycles. The zero-order valence-electron chi connectivity index (χ0n) is 11.5. The molecule has 0 unspecified atom stereocenters. The fraction of sp³-hybridized carbons (Fsp3) is 0. The molecule has 0 saturated carbocycles. The Morgan fingerprint density at radius 1 is 1.00 bits per heavy atom. The molecule has 4 aromatic rings. The number of pyridine rings is 1. The second-order valence-electron chi connectivity index (χ2n) is 5.02. The third kappa shape index (κ3) is 1.83. The van der Waals surface area contributed by atoms with Gasteiger partial charge in [0, 0.05) is 28.7 Å². The molecule has 0 amide bonds. The third-order valence-electron chi connectivity index (χ3n) is 3.73. The van der Waals surface area contributed by atoms with Crippen molar-refractivity contribution in [1.82, 2.24) is 14.8 Å². The van der Waals surface area contributed by atoms with E-state index in [-0.39, 0.29) is 0 Å². The summed E-state index contributed by atoms with van der Waals surface area (Å²) in [4.78, 5) is 15.5. The number of rotatable bonds is 1. The highest BCUT2D eigenvalue weighted by Crippen LogP contribution is 2.29. The minimum atomic E-state index is -1.09. The normalized spacial score (nSPS) is 11.1. The van der Waals surface area contributed by atoms with E-state index in [0.717, 1.165) is 32.0 Å². The lowest BCUT2D eigenvalue weighted by Gasteiger charge is -2.06. The van der Waals surface area contributed by atoms with Crippen molar-refractivity contribution < 1.29 is 9.90 Å². The van der Waals surface area contributed by atoms with Crippen LogP contribution in [0, 0.1) is 0 Å². The van der Waals surface area contributed by atoms with Crippen LogP contribution in [0.2, 0.25) is 0 Å². The zero-order chi connectivity index (χ0) is 15.1. The molecule has 1 N–H and O–H groups in total. The van der Waals surface area contributed by atoms with Crippen LogP contribution in [0.15, 0.2) is 61.1 Å². The maximum atomic E-state index is 11.2. The number of carbonyl (C=O) groups is 1. The summed E-state index contributed by atoms with van der Waals surface area (Å²) in [5.74, 6) is 0. The minimum absolute atomic E-state index is 0.568. The van der Waals surface area contributed by atoms with Gasteiger partial charge in [-0.05, 0) is 17.0 Å². The molecule has 5 heteroatoms. The first-order valence-electron chi connectivity index (χ1n) is 6.78. The van der Waals surface area contributed by atoms with Gasteiger partial charge in [0.25, 0.3) is 0 Å². The van der Waals surface area contributed by atoms with E-state index in [1.807, 2.05) is 48.7 Å². The van der Waals surface area contributed by atoms with Gasteiger partial charge in [0.15, 0.2) is 0 Å². The molecule has 5 nitrogen and oxygen atoms in total. The quantitative estimate of drug-likeness (QED) is 0.579. The molecule has 0 fully saturated rings. The highest BCUT2D eigenvalue weighted by Gasteiger charge is 2.11. The van der Waals surface area contributed by atoms with Crippen LogP contribution in [0.25, 0.3) is 32.8 Å². The first-order chi connectivity index (χ1) is 10.7. The lowest BCUT2D eigenvalue weighted by Crippen LogP contribution is -2.08. The monoisotopic (exact) mass is 289 g/mol. The highest BCUT2D eigenvalue weighted by atomic mass is 16.4. The van der Waals surface area contributed by atoms with Crippen LogP contribution >= 0.6 is 0 Å². The van der Waals surface area contributed by atoms with Gasteiger partial charge in [-0.15, -0.1) is 0 Å². The Kier molecular flexibility index (Phi) is 2.66. The summed E-state index contributed by atoms with van der Waals surface area (Å²) < 4.78 is 0.984. The van der Waals surface area contributed by atoms with Crippen LogP contribution in [0.4, 0.5) is 4.79 Å². The largest absolute Gasteiger partial charge is 0.463 e. The molecule has 0 saturated heterocycles. The van der Waals surface area contributed by atoms with Crippen molar-refractivity contribution in [3.05, 3.63) is 61.1 Å². The van der Waals surface area contributed by atoms with E-state index in [1.165, 1.54) is 0 Å². The van der Waals surface area contributed by atoms with Crippen LogP contribution < -0.4 is 0 Å². The maximum absolute atomic E-state index is 11.2. The Bertz CT molecular complexity index is 1020. The fourth-order valence-electron chi connectivity index (χ4n) is 2.68. The minimum Gasteiger partial charge on any atom is -0.463 e. The summed E-state index contributed by atoms with van der Waals surface area (Å²) >= 11 is 0. The third-order valence-corrected chi connectivity index (χ3v) is 3.73. The topological polar surface area (TPSA) is 68.0 Å².